The number of hydrogen-bond acceptors (Lipinski definition) is 4. The molecule has 0 saturated carbocycles. The molecule has 1 unspecified atom stereocenters. The van der Waals surface area contributed by atoms with Gasteiger partial charge in [-0.1, -0.05) is 11.6 Å². The van der Waals surface area contributed by atoms with Crippen molar-refractivity contribution < 1.29 is 9.13 Å². The van der Waals surface area contributed by atoms with E-state index in [9.17, 15) is 4.39 Å². The first kappa shape index (κ1) is 14.2. The van der Waals surface area contributed by atoms with E-state index in [1.165, 1.54) is 6.07 Å². The van der Waals surface area contributed by atoms with Crippen LogP contribution >= 0.6 is 11.6 Å². The first-order chi connectivity index (χ1) is 8.88. The summed E-state index contributed by atoms with van der Waals surface area (Å²) in [6.07, 6.45) is 1.84. The van der Waals surface area contributed by atoms with Crippen LogP contribution in [-0.4, -0.2) is 25.8 Å². The number of rotatable bonds is 2. The monoisotopic (exact) mass is 287 g/mol. The molecule has 1 saturated heterocycles. The van der Waals surface area contributed by atoms with Gasteiger partial charge >= 0.3 is 0 Å². The van der Waals surface area contributed by atoms with Crippen LogP contribution in [0.1, 0.15) is 19.8 Å². The van der Waals surface area contributed by atoms with Gasteiger partial charge in [0.2, 0.25) is 0 Å². The molecule has 1 aromatic rings. The molecule has 106 valence electrons. The van der Waals surface area contributed by atoms with Gasteiger partial charge in [-0.05, 0) is 25.8 Å². The van der Waals surface area contributed by atoms with Crippen LogP contribution in [0.3, 0.4) is 0 Å². The van der Waals surface area contributed by atoms with Gasteiger partial charge in [0.25, 0.3) is 0 Å². The summed E-state index contributed by atoms with van der Waals surface area (Å²) >= 11 is 5.87. The molecule has 2 rings (SSSR count). The van der Waals surface area contributed by atoms with E-state index in [0.29, 0.717) is 17.9 Å². The zero-order valence-electron chi connectivity index (χ0n) is 11.2. The normalized spacial score (nSPS) is 23.7. The molecule has 0 bridgehead atoms. The van der Waals surface area contributed by atoms with Crippen LogP contribution in [-0.2, 0) is 4.74 Å². The molecule has 1 atom stereocenters. The predicted octanol–water partition coefficient (Wildman–Crippen LogP) is 2.65. The second-order valence-electron chi connectivity index (χ2n) is 5.21. The number of benzene rings is 1. The average Bonchev–Trinajstić information content (AvgIpc) is 2.36. The Morgan fingerprint density at radius 2 is 2.11 bits per heavy atom. The molecule has 1 aliphatic heterocycles. The third-order valence-electron chi connectivity index (χ3n) is 3.71. The predicted molar refractivity (Wildman–Crippen MR) is 77.1 cm³/mol. The summed E-state index contributed by atoms with van der Waals surface area (Å²) in [5.74, 6) is -0.556. The first-order valence-electron chi connectivity index (χ1n) is 6.21. The molecule has 0 amide bonds. The Morgan fingerprint density at radius 1 is 1.42 bits per heavy atom. The fourth-order valence-electron chi connectivity index (χ4n) is 2.54. The summed E-state index contributed by atoms with van der Waals surface area (Å²) in [6, 6.07) is 1.50. The third-order valence-corrected chi connectivity index (χ3v) is 4.09. The van der Waals surface area contributed by atoms with Crippen LogP contribution in [0.2, 0.25) is 5.02 Å². The highest BCUT2D eigenvalue weighted by Crippen LogP contribution is 2.38. The van der Waals surface area contributed by atoms with E-state index >= 15 is 0 Å². The summed E-state index contributed by atoms with van der Waals surface area (Å²) in [7, 11) is 1.67. The number of nitrogens with two attached hydrogens (primary N) is 2. The highest BCUT2D eigenvalue weighted by atomic mass is 35.5. The van der Waals surface area contributed by atoms with Crippen molar-refractivity contribution in [2.24, 2.45) is 0 Å². The van der Waals surface area contributed by atoms with Gasteiger partial charge < -0.3 is 21.1 Å². The van der Waals surface area contributed by atoms with Crippen molar-refractivity contribution in [3.63, 3.8) is 0 Å². The number of ether oxygens (including phenoxy) is 1. The topological polar surface area (TPSA) is 64.5 Å². The van der Waals surface area contributed by atoms with Crippen molar-refractivity contribution in [2.45, 2.75) is 25.4 Å². The van der Waals surface area contributed by atoms with E-state index < -0.39 is 5.82 Å². The highest BCUT2D eigenvalue weighted by molar-refractivity contribution is 6.33. The Hall–Kier alpha value is -1.20. The van der Waals surface area contributed by atoms with Crippen molar-refractivity contribution in [1.82, 2.24) is 0 Å². The van der Waals surface area contributed by atoms with Crippen LogP contribution in [0.15, 0.2) is 6.07 Å². The van der Waals surface area contributed by atoms with Gasteiger partial charge in [0, 0.05) is 20.2 Å². The van der Waals surface area contributed by atoms with Crippen LogP contribution in [0.4, 0.5) is 21.5 Å². The zero-order chi connectivity index (χ0) is 14.2. The Morgan fingerprint density at radius 3 is 2.74 bits per heavy atom. The van der Waals surface area contributed by atoms with Gasteiger partial charge in [0.05, 0.1) is 22.7 Å². The van der Waals surface area contributed by atoms with Crippen LogP contribution < -0.4 is 16.4 Å². The summed E-state index contributed by atoms with van der Waals surface area (Å²) in [6.45, 7) is 3.30. The van der Waals surface area contributed by atoms with E-state index in [1.807, 2.05) is 11.8 Å². The van der Waals surface area contributed by atoms with Crippen molar-refractivity contribution in [3.05, 3.63) is 16.9 Å². The Balaban J connectivity index is 2.39. The fraction of sp³-hybridized carbons (Fsp3) is 0.538. The highest BCUT2D eigenvalue weighted by Gasteiger charge is 2.33. The van der Waals surface area contributed by atoms with E-state index in [1.54, 1.807) is 7.11 Å². The lowest BCUT2D eigenvalue weighted by atomic mass is 9.94. The molecule has 0 aromatic heterocycles. The van der Waals surface area contributed by atoms with Crippen molar-refractivity contribution in [1.29, 1.82) is 0 Å². The maximum atomic E-state index is 14.3. The molecular formula is C13H19ClFN3O. The van der Waals surface area contributed by atoms with Gasteiger partial charge in [0.15, 0.2) is 5.82 Å². The molecule has 4 nitrogen and oxygen atoms in total. The summed E-state index contributed by atoms with van der Waals surface area (Å²) in [5.41, 5.74) is 12.0. The van der Waals surface area contributed by atoms with Crippen molar-refractivity contribution >= 4 is 28.7 Å². The molecule has 19 heavy (non-hydrogen) atoms. The molecule has 1 aromatic carbocycles. The van der Waals surface area contributed by atoms with Crippen molar-refractivity contribution in [3.8, 4) is 0 Å². The molecule has 0 radical (unpaired) electrons. The number of methoxy groups -OCH3 is 1. The molecule has 1 aliphatic rings. The quantitative estimate of drug-likeness (QED) is 0.821. The minimum Gasteiger partial charge on any atom is -0.397 e. The van der Waals surface area contributed by atoms with E-state index in [2.05, 4.69) is 0 Å². The third kappa shape index (κ3) is 2.58. The fourth-order valence-corrected chi connectivity index (χ4v) is 2.69. The molecule has 4 N–H and O–H groups in total. The van der Waals surface area contributed by atoms with Crippen LogP contribution in [0, 0.1) is 5.82 Å². The van der Waals surface area contributed by atoms with Crippen molar-refractivity contribution in [2.75, 3.05) is 36.6 Å². The lowest BCUT2D eigenvalue weighted by molar-refractivity contribution is -0.00473. The van der Waals surface area contributed by atoms with Gasteiger partial charge in [0.1, 0.15) is 5.02 Å². The Bertz CT molecular complexity index is 497. The first-order valence-corrected chi connectivity index (χ1v) is 6.59. The smallest absolute Gasteiger partial charge is 0.169 e. The van der Waals surface area contributed by atoms with Crippen LogP contribution in [0.25, 0.3) is 0 Å². The lowest BCUT2D eigenvalue weighted by Gasteiger charge is -2.41. The Kier molecular flexibility index (Phi) is 3.78. The van der Waals surface area contributed by atoms with Gasteiger partial charge in [-0.3, -0.25) is 0 Å². The maximum absolute atomic E-state index is 14.3. The van der Waals surface area contributed by atoms with E-state index in [-0.39, 0.29) is 16.3 Å². The molecule has 1 heterocycles. The summed E-state index contributed by atoms with van der Waals surface area (Å²) in [4.78, 5) is 1.88. The molecule has 1 fully saturated rings. The zero-order valence-corrected chi connectivity index (χ0v) is 11.9. The number of piperidine rings is 1. The maximum Gasteiger partial charge on any atom is 0.169 e. The van der Waals surface area contributed by atoms with Crippen LogP contribution in [0.5, 0.6) is 0 Å². The lowest BCUT2D eigenvalue weighted by Crippen LogP contribution is -2.48. The molecular weight excluding hydrogens is 269 g/mol. The van der Waals surface area contributed by atoms with Gasteiger partial charge in [-0.25, -0.2) is 4.39 Å². The number of nitrogen functional groups attached to an aromatic ring is 2. The number of hydrogen-bond donors (Lipinski definition) is 2. The van der Waals surface area contributed by atoms with E-state index in [4.69, 9.17) is 27.8 Å². The number of nitrogens with zero attached hydrogens (tertiary/aromatic N) is 1. The minimum atomic E-state index is -0.556. The average molecular weight is 288 g/mol. The van der Waals surface area contributed by atoms with Gasteiger partial charge in [-0.2, -0.15) is 0 Å². The van der Waals surface area contributed by atoms with E-state index in [0.717, 1.165) is 19.4 Å². The largest absolute Gasteiger partial charge is 0.397 e. The second kappa shape index (κ2) is 5.06. The molecule has 6 heteroatoms. The number of halogens is 2. The standard InChI is InChI=1S/C13H19ClFN3O/c1-13(19-2)4-3-5-18(7-13)12-9(17)6-8(16)10(14)11(12)15/h6H,3-5,7,16-17H2,1-2H3. The Labute approximate surface area is 117 Å². The van der Waals surface area contributed by atoms with Gasteiger partial charge in [-0.15, -0.1) is 0 Å². The number of anilines is 3. The molecule has 0 aliphatic carbocycles. The summed E-state index contributed by atoms with van der Waals surface area (Å²) < 4.78 is 19.8. The SMILES string of the molecule is COC1(C)CCCN(c2c(N)cc(N)c(Cl)c2F)C1. The minimum absolute atomic E-state index is 0.0751. The molecule has 0 spiro atoms. The second-order valence-corrected chi connectivity index (χ2v) is 5.59. The summed E-state index contributed by atoms with van der Waals surface area (Å²) in [5, 5.41) is -0.0751.